The Morgan fingerprint density at radius 2 is 2.05 bits per heavy atom. The highest BCUT2D eigenvalue weighted by atomic mass is 32.2. The van der Waals surface area contributed by atoms with Gasteiger partial charge in [-0.05, 0) is 12.8 Å². The number of rotatable bonds is 4. The van der Waals surface area contributed by atoms with Crippen LogP contribution in [0.1, 0.15) is 20.8 Å². The van der Waals surface area contributed by atoms with Crippen molar-refractivity contribution in [1.29, 1.82) is 0 Å². The third kappa shape index (κ3) is 2.24. The normalized spacial score (nSPS) is 14.6. The second-order valence-corrected chi connectivity index (χ2v) is 7.65. The minimum absolute atomic E-state index is 0.0506. The molecule has 2 rings (SSSR count). The van der Waals surface area contributed by atoms with Gasteiger partial charge in [0.1, 0.15) is 0 Å². The van der Waals surface area contributed by atoms with Crippen molar-refractivity contribution >= 4 is 32.1 Å². The molecule has 1 atom stereocenters. The first-order valence-corrected chi connectivity index (χ1v) is 8.28. The molecule has 2 heterocycles. The predicted molar refractivity (Wildman–Crippen MR) is 76.7 cm³/mol. The Kier molecular flexibility index (Phi) is 3.59. The van der Waals surface area contributed by atoms with Crippen molar-refractivity contribution in [2.75, 3.05) is 12.8 Å². The molecule has 0 aliphatic heterocycles. The van der Waals surface area contributed by atoms with Gasteiger partial charge in [-0.2, -0.15) is 4.31 Å². The van der Waals surface area contributed by atoms with Gasteiger partial charge in [0.25, 0.3) is 10.0 Å². The summed E-state index contributed by atoms with van der Waals surface area (Å²) in [6.45, 7) is 5.84. The molecule has 0 spiro atoms. The van der Waals surface area contributed by atoms with Gasteiger partial charge in [-0.25, -0.2) is 13.4 Å². The smallest absolute Gasteiger partial charge is 0.262 e. The Bertz CT molecular complexity index is 687. The molecule has 0 saturated carbocycles. The Morgan fingerprint density at radius 1 is 1.42 bits per heavy atom. The molecule has 0 bridgehead atoms. The molecular weight excluding hydrogens is 284 g/mol. The van der Waals surface area contributed by atoms with E-state index in [1.807, 2.05) is 20.8 Å². The van der Waals surface area contributed by atoms with E-state index in [1.54, 1.807) is 18.6 Å². The van der Waals surface area contributed by atoms with E-state index in [0.717, 1.165) is 0 Å². The quantitative estimate of drug-likeness (QED) is 0.931. The maximum Gasteiger partial charge on any atom is 0.262 e. The van der Waals surface area contributed by atoms with E-state index in [0.29, 0.717) is 4.96 Å². The molecule has 106 valence electrons. The molecule has 1 unspecified atom stereocenters. The van der Waals surface area contributed by atoms with Crippen molar-refractivity contribution in [2.24, 2.45) is 5.92 Å². The Hall–Kier alpha value is -1.12. The summed E-state index contributed by atoms with van der Waals surface area (Å²) in [5, 5.41) is 1.84. The number of hydrogen-bond donors (Lipinski definition) is 1. The first-order chi connectivity index (χ1) is 8.76. The lowest BCUT2D eigenvalue weighted by Crippen LogP contribution is -2.38. The van der Waals surface area contributed by atoms with Crippen LogP contribution in [0.25, 0.3) is 4.96 Å². The van der Waals surface area contributed by atoms with Gasteiger partial charge in [0, 0.05) is 24.7 Å². The summed E-state index contributed by atoms with van der Waals surface area (Å²) in [5.74, 6) is 0.265. The zero-order chi connectivity index (χ0) is 14.4. The van der Waals surface area contributed by atoms with Crippen LogP contribution in [-0.4, -0.2) is 35.2 Å². The lowest BCUT2D eigenvalue weighted by Gasteiger charge is -2.26. The first-order valence-electron chi connectivity index (χ1n) is 5.96. The van der Waals surface area contributed by atoms with Gasteiger partial charge < -0.3 is 5.73 Å². The number of nitrogen functional groups attached to an aromatic ring is 1. The molecular formula is C11H18N4O2S2. The fraction of sp³-hybridized carbons (Fsp3) is 0.545. The molecule has 8 heteroatoms. The standard InChI is InChI=1S/C11H18N4O2S2/c1-7(2)8(3)14(4)19(16,17)10-9(12)13-11-15(10)5-6-18-11/h5-8H,12H2,1-4H3. The molecule has 0 aliphatic carbocycles. The molecule has 0 aromatic carbocycles. The fourth-order valence-corrected chi connectivity index (χ4v) is 4.25. The van der Waals surface area contributed by atoms with Crippen LogP contribution in [-0.2, 0) is 10.0 Å². The van der Waals surface area contributed by atoms with Crippen LogP contribution < -0.4 is 5.73 Å². The van der Waals surface area contributed by atoms with Gasteiger partial charge in [0.2, 0.25) is 0 Å². The van der Waals surface area contributed by atoms with Gasteiger partial charge in [0.15, 0.2) is 15.8 Å². The molecule has 0 fully saturated rings. The first kappa shape index (κ1) is 14.3. The predicted octanol–water partition coefficient (Wildman–Crippen LogP) is 1.64. The highest BCUT2D eigenvalue weighted by Gasteiger charge is 2.32. The lowest BCUT2D eigenvalue weighted by atomic mass is 10.1. The Balaban J connectivity index is 2.56. The monoisotopic (exact) mass is 302 g/mol. The highest BCUT2D eigenvalue weighted by Crippen LogP contribution is 2.27. The van der Waals surface area contributed by atoms with Gasteiger partial charge in [-0.3, -0.25) is 4.40 Å². The van der Waals surface area contributed by atoms with Gasteiger partial charge in [0.05, 0.1) is 0 Å². The van der Waals surface area contributed by atoms with E-state index in [9.17, 15) is 8.42 Å². The van der Waals surface area contributed by atoms with E-state index in [2.05, 4.69) is 4.98 Å². The second-order valence-electron chi connectivity index (χ2n) is 4.86. The summed E-state index contributed by atoms with van der Waals surface area (Å²) >= 11 is 1.35. The number of nitrogens with two attached hydrogens (primary N) is 1. The Morgan fingerprint density at radius 3 is 2.63 bits per heavy atom. The zero-order valence-corrected chi connectivity index (χ0v) is 13.0. The molecule has 2 aromatic rings. The van der Waals surface area contributed by atoms with Crippen LogP contribution in [0.2, 0.25) is 0 Å². The number of thiazole rings is 1. The van der Waals surface area contributed by atoms with Crippen LogP contribution in [0.3, 0.4) is 0 Å². The summed E-state index contributed by atoms with van der Waals surface area (Å²) < 4.78 is 28.2. The van der Waals surface area contributed by atoms with Gasteiger partial charge >= 0.3 is 0 Å². The summed E-state index contributed by atoms with van der Waals surface area (Å²) in [4.78, 5) is 4.66. The van der Waals surface area contributed by atoms with E-state index >= 15 is 0 Å². The van der Waals surface area contributed by atoms with E-state index < -0.39 is 10.0 Å². The molecule has 0 radical (unpaired) electrons. The van der Waals surface area contributed by atoms with E-state index in [4.69, 9.17) is 5.73 Å². The number of nitrogens with zero attached hydrogens (tertiary/aromatic N) is 3. The van der Waals surface area contributed by atoms with E-state index in [1.165, 1.54) is 20.0 Å². The van der Waals surface area contributed by atoms with Crippen LogP contribution in [0.5, 0.6) is 0 Å². The van der Waals surface area contributed by atoms with Crippen LogP contribution >= 0.6 is 11.3 Å². The minimum atomic E-state index is -3.65. The van der Waals surface area contributed by atoms with Crippen LogP contribution in [0.15, 0.2) is 16.6 Å². The SMILES string of the molecule is CC(C)C(C)N(C)S(=O)(=O)c1c(N)nc2sccn12. The van der Waals surface area contributed by atoms with Crippen molar-refractivity contribution in [3.63, 3.8) is 0 Å². The van der Waals surface area contributed by atoms with E-state index in [-0.39, 0.29) is 22.8 Å². The lowest BCUT2D eigenvalue weighted by molar-refractivity contribution is 0.315. The third-order valence-electron chi connectivity index (χ3n) is 3.41. The van der Waals surface area contributed by atoms with Crippen LogP contribution in [0.4, 0.5) is 5.82 Å². The van der Waals surface area contributed by atoms with Crippen molar-refractivity contribution in [3.8, 4) is 0 Å². The number of sulfonamides is 1. The molecule has 19 heavy (non-hydrogen) atoms. The van der Waals surface area contributed by atoms with Crippen molar-refractivity contribution < 1.29 is 8.42 Å². The molecule has 0 aliphatic rings. The zero-order valence-electron chi connectivity index (χ0n) is 11.4. The third-order valence-corrected chi connectivity index (χ3v) is 6.15. The molecule has 0 amide bonds. The maximum absolute atomic E-state index is 12.7. The number of anilines is 1. The average molecular weight is 302 g/mol. The number of hydrogen-bond acceptors (Lipinski definition) is 5. The van der Waals surface area contributed by atoms with Gasteiger partial charge in [-0.15, -0.1) is 11.3 Å². The summed E-state index contributed by atoms with van der Waals surface area (Å²) in [7, 11) is -2.08. The highest BCUT2D eigenvalue weighted by molar-refractivity contribution is 7.89. The topological polar surface area (TPSA) is 80.7 Å². The molecule has 6 nitrogen and oxygen atoms in total. The largest absolute Gasteiger partial charge is 0.381 e. The van der Waals surface area contributed by atoms with Crippen molar-refractivity contribution in [1.82, 2.24) is 13.7 Å². The minimum Gasteiger partial charge on any atom is -0.381 e. The average Bonchev–Trinajstić information content (AvgIpc) is 2.85. The fourth-order valence-electron chi connectivity index (χ4n) is 1.81. The maximum atomic E-state index is 12.7. The van der Waals surface area contributed by atoms with Gasteiger partial charge in [-0.1, -0.05) is 13.8 Å². The number of aromatic nitrogens is 2. The van der Waals surface area contributed by atoms with Crippen molar-refractivity contribution in [3.05, 3.63) is 11.6 Å². The molecule has 2 aromatic heterocycles. The van der Waals surface area contributed by atoms with Crippen LogP contribution in [0, 0.1) is 5.92 Å². The number of fused-ring (bicyclic) bond motifs is 1. The van der Waals surface area contributed by atoms with Crippen molar-refractivity contribution in [2.45, 2.75) is 31.8 Å². The second kappa shape index (κ2) is 4.77. The molecule has 2 N–H and O–H groups in total. The summed E-state index contributed by atoms with van der Waals surface area (Å²) in [5.41, 5.74) is 5.77. The summed E-state index contributed by atoms with van der Waals surface area (Å²) in [6.07, 6.45) is 1.67. The molecule has 0 saturated heterocycles. The number of imidazole rings is 1. The Labute approximate surface area is 116 Å². The summed E-state index contributed by atoms with van der Waals surface area (Å²) in [6, 6.07) is -0.117.